The minimum atomic E-state index is -0.0391. The van der Waals surface area contributed by atoms with Crippen LogP contribution in [0.25, 0.3) is 0 Å². The van der Waals surface area contributed by atoms with E-state index < -0.39 is 0 Å². The molecule has 2 N–H and O–H groups in total. The molecule has 0 unspecified atom stereocenters. The summed E-state index contributed by atoms with van der Waals surface area (Å²) in [5, 5.41) is 12.8. The van der Waals surface area contributed by atoms with Gasteiger partial charge in [0.1, 0.15) is 0 Å². The molecule has 0 radical (unpaired) electrons. The van der Waals surface area contributed by atoms with Crippen molar-refractivity contribution in [1.82, 2.24) is 5.32 Å². The average molecular weight is 157 g/mol. The second-order valence-corrected chi connectivity index (χ2v) is 3.42. The minimum Gasteiger partial charge on any atom is -0.393 e. The second-order valence-electron chi connectivity index (χ2n) is 3.42. The lowest BCUT2D eigenvalue weighted by Crippen LogP contribution is -2.33. The fraction of sp³-hybridized carbons (Fsp3) is 1.00. The Labute approximate surface area is 69.0 Å². The van der Waals surface area contributed by atoms with Gasteiger partial charge in [-0.3, -0.25) is 0 Å². The van der Waals surface area contributed by atoms with Crippen LogP contribution in [-0.4, -0.2) is 24.3 Å². The lowest BCUT2D eigenvalue weighted by Gasteiger charge is -2.27. The summed E-state index contributed by atoms with van der Waals surface area (Å²) in [6, 6.07) is 0. The van der Waals surface area contributed by atoms with Crippen molar-refractivity contribution in [3.8, 4) is 0 Å². The Hall–Kier alpha value is -0.0800. The molecule has 2 nitrogen and oxygen atoms in total. The first-order valence-corrected chi connectivity index (χ1v) is 4.73. The van der Waals surface area contributed by atoms with Gasteiger partial charge in [0.25, 0.3) is 0 Å². The average Bonchev–Trinajstić information content (AvgIpc) is 2.03. The standard InChI is InChI=1S/C9H19NO/c1-2-10-7-8-5-3-4-6-9(8)11/h8-11H,2-7H2,1H3/t8-,9-/m1/s1. The first-order valence-electron chi connectivity index (χ1n) is 4.73. The molecular weight excluding hydrogens is 138 g/mol. The van der Waals surface area contributed by atoms with Crippen molar-refractivity contribution in [3.63, 3.8) is 0 Å². The predicted molar refractivity (Wildman–Crippen MR) is 46.5 cm³/mol. The molecular formula is C9H19NO. The Kier molecular flexibility index (Phi) is 3.87. The second kappa shape index (κ2) is 4.73. The third kappa shape index (κ3) is 2.80. The number of aliphatic hydroxyl groups excluding tert-OH is 1. The van der Waals surface area contributed by atoms with Crippen LogP contribution in [-0.2, 0) is 0 Å². The zero-order valence-corrected chi connectivity index (χ0v) is 7.34. The van der Waals surface area contributed by atoms with Gasteiger partial charge in [-0.2, -0.15) is 0 Å². The maximum absolute atomic E-state index is 9.56. The smallest absolute Gasteiger partial charge is 0.0580 e. The van der Waals surface area contributed by atoms with Gasteiger partial charge in [-0.1, -0.05) is 19.8 Å². The topological polar surface area (TPSA) is 32.3 Å². The zero-order valence-electron chi connectivity index (χ0n) is 7.34. The van der Waals surface area contributed by atoms with Crippen LogP contribution in [0.3, 0.4) is 0 Å². The molecule has 0 aliphatic heterocycles. The fourth-order valence-electron chi connectivity index (χ4n) is 1.76. The van der Waals surface area contributed by atoms with Crippen molar-refractivity contribution in [2.24, 2.45) is 5.92 Å². The molecule has 0 spiro atoms. The maximum atomic E-state index is 9.56. The van der Waals surface area contributed by atoms with E-state index in [1.165, 1.54) is 19.3 Å². The number of hydrogen-bond acceptors (Lipinski definition) is 2. The molecule has 11 heavy (non-hydrogen) atoms. The highest BCUT2D eigenvalue weighted by Crippen LogP contribution is 2.23. The van der Waals surface area contributed by atoms with E-state index in [0.717, 1.165) is 19.5 Å². The first kappa shape index (κ1) is 9.01. The fourth-order valence-corrected chi connectivity index (χ4v) is 1.76. The molecule has 1 saturated carbocycles. The minimum absolute atomic E-state index is 0.0391. The van der Waals surface area contributed by atoms with Gasteiger partial charge in [-0.25, -0.2) is 0 Å². The Balaban J connectivity index is 2.18. The highest BCUT2D eigenvalue weighted by Gasteiger charge is 2.21. The third-order valence-corrected chi connectivity index (χ3v) is 2.53. The van der Waals surface area contributed by atoms with E-state index in [4.69, 9.17) is 0 Å². The first-order chi connectivity index (χ1) is 5.34. The number of hydrogen-bond donors (Lipinski definition) is 2. The molecule has 1 aliphatic carbocycles. The van der Waals surface area contributed by atoms with Crippen LogP contribution >= 0.6 is 0 Å². The van der Waals surface area contributed by atoms with Crippen molar-refractivity contribution in [2.75, 3.05) is 13.1 Å². The molecule has 1 aliphatic rings. The van der Waals surface area contributed by atoms with E-state index in [-0.39, 0.29) is 6.10 Å². The summed E-state index contributed by atoms with van der Waals surface area (Å²) in [5.41, 5.74) is 0. The molecule has 0 amide bonds. The Morgan fingerprint density at radius 2 is 2.09 bits per heavy atom. The highest BCUT2D eigenvalue weighted by molar-refractivity contribution is 4.75. The summed E-state index contributed by atoms with van der Waals surface area (Å²) in [5.74, 6) is 0.517. The van der Waals surface area contributed by atoms with Gasteiger partial charge in [-0.15, -0.1) is 0 Å². The van der Waals surface area contributed by atoms with Crippen LogP contribution < -0.4 is 5.32 Å². The summed E-state index contributed by atoms with van der Waals surface area (Å²) >= 11 is 0. The van der Waals surface area contributed by atoms with E-state index in [1.54, 1.807) is 0 Å². The van der Waals surface area contributed by atoms with E-state index in [9.17, 15) is 5.11 Å². The van der Waals surface area contributed by atoms with Crippen LogP contribution in [0.5, 0.6) is 0 Å². The molecule has 0 aromatic rings. The molecule has 2 atom stereocenters. The Bertz CT molecular complexity index is 106. The molecule has 2 heteroatoms. The Morgan fingerprint density at radius 3 is 2.73 bits per heavy atom. The van der Waals surface area contributed by atoms with Gasteiger partial charge in [0.05, 0.1) is 6.10 Å². The van der Waals surface area contributed by atoms with Gasteiger partial charge >= 0.3 is 0 Å². The van der Waals surface area contributed by atoms with Crippen molar-refractivity contribution in [1.29, 1.82) is 0 Å². The van der Waals surface area contributed by atoms with Crippen LogP contribution in [0, 0.1) is 5.92 Å². The third-order valence-electron chi connectivity index (χ3n) is 2.53. The van der Waals surface area contributed by atoms with Gasteiger partial charge in [0, 0.05) is 6.54 Å². The van der Waals surface area contributed by atoms with Crippen molar-refractivity contribution in [2.45, 2.75) is 38.7 Å². The molecule has 0 heterocycles. The summed E-state index contributed by atoms with van der Waals surface area (Å²) in [6.07, 6.45) is 4.68. The number of rotatable bonds is 3. The van der Waals surface area contributed by atoms with Crippen LogP contribution in [0.15, 0.2) is 0 Å². The number of aliphatic hydroxyl groups is 1. The van der Waals surface area contributed by atoms with E-state index in [1.807, 2.05) is 0 Å². The lowest BCUT2D eigenvalue weighted by molar-refractivity contribution is 0.0700. The SMILES string of the molecule is CCNC[C@H]1CCCC[C@H]1O. The van der Waals surface area contributed by atoms with Gasteiger partial charge in [0.15, 0.2) is 0 Å². The zero-order chi connectivity index (χ0) is 8.10. The largest absolute Gasteiger partial charge is 0.393 e. The molecule has 1 fully saturated rings. The lowest BCUT2D eigenvalue weighted by atomic mass is 9.86. The number of nitrogens with one attached hydrogen (secondary N) is 1. The van der Waals surface area contributed by atoms with E-state index in [0.29, 0.717) is 5.92 Å². The summed E-state index contributed by atoms with van der Waals surface area (Å²) in [4.78, 5) is 0. The van der Waals surface area contributed by atoms with Crippen molar-refractivity contribution >= 4 is 0 Å². The summed E-state index contributed by atoms with van der Waals surface area (Å²) < 4.78 is 0. The molecule has 0 aromatic carbocycles. The predicted octanol–water partition coefficient (Wildman–Crippen LogP) is 1.15. The normalized spacial score (nSPS) is 32.2. The van der Waals surface area contributed by atoms with Crippen molar-refractivity contribution in [3.05, 3.63) is 0 Å². The van der Waals surface area contributed by atoms with Gasteiger partial charge in [0.2, 0.25) is 0 Å². The molecule has 66 valence electrons. The molecule has 0 aromatic heterocycles. The van der Waals surface area contributed by atoms with E-state index >= 15 is 0 Å². The van der Waals surface area contributed by atoms with Gasteiger partial charge < -0.3 is 10.4 Å². The molecule has 0 saturated heterocycles. The summed E-state index contributed by atoms with van der Waals surface area (Å²) in [7, 11) is 0. The van der Waals surface area contributed by atoms with E-state index in [2.05, 4.69) is 12.2 Å². The maximum Gasteiger partial charge on any atom is 0.0580 e. The van der Waals surface area contributed by atoms with Crippen molar-refractivity contribution < 1.29 is 5.11 Å². The molecule has 1 rings (SSSR count). The van der Waals surface area contributed by atoms with Crippen LogP contribution in [0.2, 0.25) is 0 Å². The summed E-state index contributed by atoms with van der Waals surface area (Å²) in [6.45, 7) is 4.12. The van der Waals surface area contributed by atoms with Crippen LogP contribution in [0.1, 0.15) is 32.6 Å². The monoisotopic (exact) mass is 157 g/mol. The Morgan fingerprint density at radius 1 is 1.36 bits per heavy atom. The quantitative estimate of drug-likeness (QED) is 0.644. The molecule has 0 bridgehead atoms. The van der Waals surface area contributed by atoms with Gasteiger partial charge in [-0.05, 0) is 25.3 Å². The highest BCUT2D eigenvalue weighted by atomic mass is 16.3. The van der Waals surface area contributed by atoms with Crippen LogP contribution in [0.4, 0.5) is 0 Å².